The van der Waals surface area contributed by atoms with Crippen molar-refractivity contribution in [3.05, 3.63) is 11.3 Å². The topological polar surface area (TPSA) is 59.1 Å². The molecule has 1 aromatic heterocycles. The molecule has 1 aromatic rings. The molecule has 5 heteroatoms. The third-order valence-electron chi connectivity index (χ3n) is 1.93. The third kappa shape index (κ3) is 2.62. The molecule has 0 aliphatic carbocycles. The van der Waals surface area contributed by atoms with Crippen molar-refractivity contribution >= 4 is 28.7 Å². The van der Waals surface area contributed by atoms with Crippen LogP contribution >= 0.6 is 11.5 Å². The molecule has 0 saturated carbocycles. The first kappa shape index (κ1) is 11.8. The molecular weight excluding hydrogens is 212 g/mol. The predicted molar refractivity (Wildman–Crippen MR) is 60.3 cm³/mol. The molecule has 1 heterocycles. The lowest BCUT2D eigenvalue weighted by atomic mass is 9.96. The molecule has 0 radical (unpaired) electrons. The number of aldehydes is 1. The van der Waals surface area contributed by atoms with Gasteiger partial charge in [-0.25, -0.2) is 0 Å². The fraction of sp³-hybridized carbons (Fsp3) is 0.500. The molecule has 15 heavy (non-hydrogen) atoms. The van der Waals surface area contributed by atoms with Gasteiger partial charge in [-0.15, -0.1) is 0 Å². The summed E-state index contributed by atoms with van der Waals surface area (Å²) in [5.74, 6) is -0.116. The maximum atomic E-state index is 11.7. The second kappa shape index (κ2) is 4.10. The van der Waals surface area contributed by atoms with E-state index in [1.54, 1.807) is 6.92 Å². The Morgan fingerprint density at radius 2 is 2.07 bits per heavy atom. The minimum Gasteiger partial charge on any atom is -0.315 e. The summed E-state index contributed by atoms with van der Waals surface area (Å²) in [6.45, 7) is 7.19. The minimum absolute atomic E-state index is 0.116. The summed E-state index contributed by atoms with van der Waals surface area (Å²) in [5, 5.41) is 3.24. The molecule has 1 N–H and O–H groups in total. The molecule has 4 nitrogen and oxygen atoms in total. The Morgan fingerprint density at radius 1 is 1.47 bits per heavy atom. The average Bonchev–Trinajstić information content (AvgIpc) is 2.45. The normalized spacial score (nSPS) is 11.2. The van der Waals surface area contributed by atoms with E-state index in [0.29, 0.717) is 16.3 Å². The van der Waals surface area contributed by atoms with Gasteiger partial charge in [-0.3, -0.25) is 9.59 Å². The number of aromatic nitrogens is 1. The highest BCUT2D eigenvalue weighted by molar-refractivity contribution is 7.10. The van der Waals surface area contributed by atoms with Crippen molar-refractivity contribution in [1.29, 1.82) is 0 Å². The molecule has 0 atom stereocenters. The number of nitrogens with one attached hydrogen (secondary N) is 1. The standard InChI is InChI=1S/C10H14N2O2S/c1-6-7(5-13)8(15-12-6)11-9(14)10(2,3)4/h5H,1-4H3,(H,11,14). The van der Waals surface area contributed by atoms with Gasteiger partial charge in [0.25, 0.3) is 0 Å². The van der Waals surface area contributed by atoms with Gasteiger partial charge in [-0.1, -0.05) is 20.8 Å². The van der Waals surface area contributed by atoms with Crippen LogP contribution in [0, 0.1) is 12.3 Å². The van der Waals surface area contributed by atoms with E-state index < -0.39 is 5.41 Å². The number of carbonyl (C=O) groups is 2. The van der Waals surface area contributed by atoms with Gasteiger partial charge >= 0.3 is 0 Å². The Labute approximate surface area is 92.9 Å². The van der Waals surface area contributed by atoms with Gasteiger partial charge < -0.3 is 5.32 Å². The highest BCUT2D eigenvalue weighted by atomic mass is 32.1. The number of nitrogens with zero attached hydrogens (tertiary/aromatic N) is 1. The average molecular weight is 226 g/mol. The molecule has 0 fully saturated rings. The van der Waals surface area contributed by atoms with E-state index in [4.69, 9.17) is 0 Å². The fourth-order valence-corrected chi connectivity index (χ4v) is 1.66. The van der Waals surface area contributed by atoms with Gasteiger partial charge in [0.05, 0.1) is 11.3 Å². The Bertz CT molecular complexity index is 391. The Kier molecular flexibility index (Phi) is 3.24. The van der Waals surface area contributed by atoms with Crippen molar-refractivity contribution in [2.24, 2.45) is 5.41 Å². The van der Waals surface area contributed by atoms with Crippen LogP contribution in [0.5, 0.6) is 0 Å². The second-order valence-electron chi connectivity index (χ2n) is 4.33. The first-order valence-corrected chi connectivity index (χ1v) is 5.36. The summed E-state index contributed by atoms with van der Waals surface area (Å²) in [6.07, 6.45) is 0.719. The van der Waals surface area contributed by atoms with Gasteiger partial charge in [-0.05, 0) is 18.5 Å². The summed E-state index contributed by atoms with van der Waals surface area (Å²) in [4.78, 5) is 22.4. The number of hydrogen-bond donors (Lipinski definition) is 1. The SMILES string of the molecule is Cc1nsc(NC(=O)C(C)(C)C)c1C=O. The van der Waals surface area contributed by atoms with Crippen LogP contribution in [0.3, 0.4) is 0 Å². The molecule has 82 valence electrons. The maximum absolute atomic E-state index is 11.7. The molecule has 0 unspecified atom stereocenters. The van der Waals surface area contributed by atoms with Gasteiger partial charge in [0.15, 0.2) is 6.29 Å². The van der Waals surface area contributed by atoms with Gasteiger partial charge in [0.2, 0.25) is 5.91 Å². The molecule has 0 aliphatic rings. The fourth-order valence-electron chi connectivity index (χ4n) is 0.896. The van der Waals surface area contributed by atoms with Crippen LogP contribution in [-0.4, -0.2) is 16.6 Å². The van der Waals surface area contributed by atoms with Crippen LogP contribution < -0.4 is 5.32 Å². The van der Waals surface area contributed by atoms with Crippen molar-refractivity contribution in [3.8, 4) is 0 Å². The number of rotatable bonds is 2. The van der Waals surface area contributed by atoms with Gasteiger partial charge in [-0.2, -0.15) is 4.37 Å². The smallest absolute Gasteiger partial charge is 0.230 e. The van der Waals surface area contributed by atoms with Crippen LogP contribution in [0.25, 0.3) is 0 Å². The highest BCUT2D eigenvalue weighted by Crippen LogP contribution is 2.25. The Balaban J connectivity index is 2.91. The van der Waals surface area contributed by atoms with Crippen LogP contribution in [0.1, 0.15) is 36.8 Å². The molecule has 0 spiro atoms. The van der Waals surface area contributed by atoms with E-state index in [9.17, 15) is 9.59 Å². The lowest BCUT2D eigenvalue weighted by molar-refractivity contribution is -0.123. The number of amides is 1. The lowest BCUT2D eigenvalue weighted by Gasteiger charge is -2.16. The highest BCUT2D eigenvalue weighted by Gasteiger charge is 2.23. The second-order valence-corrected chi connectivity index (χ2v) is 5.11. The lowest BCUT2D eigenvalue weighted by Crippen LogP contribution is -2.27. The zero-order chi connectivity index (χ0) is 11.6. The van der Waals surface area contributed by atoms with Crippen molar-refractivity contribution in [2.75, 3.05) is 5.32 Å². The summed E-state index contributed by atoms with van der Waals surface area (Å²) in [6, 6.07) is 0. The largest absolute Gasteiger partial charge is 0.315 e. The van der Waals surface area contributed by atoms with Crippen LogP contribution in [-0.2, 0) is 4.79 Å². The summed E-state index contributed by atoms with van der Waals surface area (Å²) < 4.78 is 4.02. The minimum atomic E-state index is -0.474. The zero-order valence-corrected chi connectivity index (χ0v) is 10.1. The summed E-state index contributed by atoms with van der Waals surface area (Å²) in [5.41, 5.74) is 0.648. The van der Waals surface area contributed by atoms with Crippen LogP contribution in [0.4, 0.5) is 5.00 Å². The number of hydrogen-bond acceptors (Lipinski definition) is 4. The van der Waals surface area contributed by atoms with Crippen molar-refractivity contribution in [2.45, 2.75) is 27.7 Å². The molecule has 1 rings (SSSR count). The van der Waals surface area contributed by atoms with Gasteiger partial charge in [0.1, 0.15) is 5.00 Å². The molecule has 0 bridgehead atoms. The molecule has 0 aliphatic heterocycles. The predicted octanol–water partition coefficient (Wildman–Crippen LogP) is 2.25. The molecule has 0 aromatic carbocycles. The van der Waals surface area contributed by atoms with Crippen LogP contribution in [0.15, 0.2) is 0 Å². The number of anilines is 1. The van der Waals surface area contributed by atoms with Crippen molar-refractivity contribution in [3.63, 3.8) is 0 Å². The van der Waals surface area contributed by atoms with Crippen LogP contribution in [0.2, 0.25) is 0 Å². The van der Waals surface area contributed by atoms with Crippen molar-refractivity contribution in [1.82, 2.24) is 4.37 Å². The van der Waals surface area contributed by atoms with Crippen molar-refractivity contribution < 1.29 is 9.59 Å². The Morgan fingerprint density at radius 3 is 2.53 bits per heavy atom. The van der Waals surface area contributed by atoms with E-state index in [0.717, 1.165) is 17.8 Å². The van der Waals surface area contributed by atoms with E-state index in [2.05, 4.69) is 9.69 Å². The van der Waals surface area contributed by atoms with E-state index >= 15 is 0 Å². The number of aryl methyl sites for hydroxylation is 1. The van der Waals surface area contributed by atoms with Gasteiger partial charge in [0, 0.05) is 5.41 Å². The first-order valence-electron chi connectivity index (χ1n) is 4.59. The first-order chi connectivity index (χ1) is 6.86. The Hall–Kier alpha value is -1.23. The summed E-state index contributed by atoms with van der Waals surface area (Å²) in [7, 11) is 0. The summed E-state index contributed by atoms with van der Waals surface area (Å²) >= 11 is 1.13. The van der Waals surface area contributed by atoms with E-state index in [1.165, 1.54) is 0 Å². The van der Waals surface area contributed by atoms with E-state index in [-0.39, 0.29) is 5.91 Å². The zero-order valence-electron chi connectivity index (χ0n) is 9.25. The number of carbonyl (C=O) groups excluding carboxylic acids is 2. The quantitative estimate of drug-likeness (QED) is 0.787. The van der Waals surface area contributed by atoms with E-state index in [1.807, 2.05) is 20.8 Å². The molecule has 1 amide bonds. The molecule has 0 saturated heterocycles. The molecular formula is C10H14N2O2S. The third-order valence-corrected chi connectivity index (χ3v) is 2.80. The monoisotopic (exact) mass is 226 g/mol. The maximum Gasteiger partial charge on any atom is 0.230 e.